The molecule has 1 saturated carbocycles. The topological polar surface area (TPSA) is 62.3 Å². The van der Waals surface area contributed by atoms with Gasteiger partial charge in [0.25, 0.3) is 5.91 Å². The van der Waals surface area contributed by atoms with Crippen LogP contribution in [0.5, 0.6) is 0 Å². The number of hydrogen-bond donors (Lipinski definition) is 1. The highest BCUT2D eigenvalue weighted by Gasteiger charge is 2.40. The summed E-state index contributed by atoms with van der Waals surface area (Å²) < 4.78 is 28.8. The highest BCUT2D eigenvalue weighted by atomic mass is 32.1. The number of nitrogens with one attached hydrogen (secondary N) is 1. The van der Waals surface area contributed by atoms with Crippen LogP contribution in [0.2, 0.25) is 0 Å². The number of pyridine rings is 1. The zero-order valence-electron chi connectivity index (χ0n) is 18.3. The quantitative estimate of drug-likeness (QED) is 0.594. The number of unbranched alkanes of at least 4 members (excludes halogenated alkanes) is 1. The first-order valence-electron chi connectivity index (χ1n) is 11.7. The van der Waals surface area contributed by atoms with Crippen LogP contribution in [0.15, 0.2) is 24.5 Å². The predicted octanol–water partition coefficient (Wildman–Crippen LogP) is 4.91. The van der Waals surface area contributed by atoms with Gasteiger partial charge in [0, 0.05) is 32.0 Å². The van der Waals surface area contributed by atoms with E-state index in [-0.39, 0.29) is 18.2 Å². The van der Waals surface area contributed by atoms with Gasteiger partial charge in [0.2, 0.25) is 5.91 Å². The van der Waals surface area contributed by atoms with Crippen molar-refractivity contribution in [3.8, 4) is 0 Å². The summed E-state index contributed by atoms with van der Waals surface area (Å²) in [6.45, 7) is 1.93. The Morgan fingerprint density at radius 3 is 2.75 bits per heavy atom. The van der Waals surface area contributed by atoms with Crippen molar-refractivity contribution in [2.24, 2.45) is 11.8 Å². The zero-order valence-corrected chi connectivity index (χ0v) is 19.1. The molecule has 174 valence electrons. The van der Waals surface area contributed by atoms with E-state index in [1.165, 1.54) is 11.3 Å². The van der Waals surface area contributed by atoms with Crippen molar-refractivity contribution in [3.63, 3.8) is 0 Å². The van der Waals surface area contributed by atoms with Gasteiger partial charge < -0.3 is 10.2 Å². The van der Waals surface area contributed by atoms with Crippen molar-refractivity contribution >= 4 is 33.2 Å². The maximum Gasteiger partial charge on any atom is 0.261 e. The van der Waals surface area contributed by atoms with Gasteiger partial charge in [-0.15, -0.1) is 11.3 Å². The van der Waals surface area contributed by atoms with E-state index in [0.29, 0.717) is 43.3 Å². The number of hydrogen-bond acceptors (Lipinski definition) is 4. The Bertz CT molecular complexity index is 896. The van der Waals surface area contributed by atoms with Crippen molar-refractivity contribution in [1.82, 2.24) is 15.2 Å². The molecule has 4 rings (SSSR count). The largest absolute Gasteiger partial charge is 0.351 e. The SMILES string of the molecule is O=C(NCCCCC1CCN(C(=O)C2CCCC(F)C2F)CC1)c1cc2ccncc2s1. The Balaban J connectivity index is 1.12. The molecule has 0 aromatic carbocycles. The standard InChI is InChI=1S/C24H31F2N3O2S/c25-19-6-3-5-18(22(19)26)24(31)29-12-8-16(9-13-29)4-1-2-10-28-23(30)20-14-17-7-11-27-15-21(17)32-20/h7,11,14-16,18-19,22H,1-6,8-10,12-13H2,(H,28,30). The van der Waals surface area contributed by atoms with Crippen LogP contribution in [0, 0.1) is 11.8 Å². The van der Waals surface area contributed by atoms with Crippen molar-refractivity contribution in [3.05, 3.63) is 29.4 Å². The third kappa shape index (κ3) is 5.45. The lowest BCUT2D eigenvalue weighted by Gasteiger charge is -2.37. The van der Waals surface area contributed by atoms with Crippen molar-refractivity contribution < 1.29 is 18.4 Å². The van der Waals surface area contributed by atoms with E-state index in [9.17, 15) is 18.4 Å². The Hall–Kier alpha value is -2.09. The summed E-state index contributed by atoms with van der Waals surface area (Å²) in [4.78, 5) is 31.5. The molecule has 3 unspecified atom stereocenters. The molecule has 1 aliphatic heterocycles. The smallest absolute Gasteiger partial charge is 0.261 e. The molecule has 2 amide bonds. The predicted molar refractivity (Wildman–Crippen MR) is 122 cm³/mol. The first-order valence-corrected chi connectivity index (χ1v) is 12.5. The minimum atomic E-state index is -1.64. The molecule has 2 aromatic heterocycles. The molecular formula is C24H31F2N3O2S. The maximum atomic E-state index is 14.1. The average molecular weight is 464 g/mol. The van der Waals surface area contributed by atoms with E-state index in [1.807, 2.05) is 12.1 Å². The molecule has 3 heterocycles. The van der Waals surface area contributed by atoms with E-state index in [0.717, 1.165) is 42.2 Å². The molecule has 5 nitrogen and oxygen atoms in total. The van der Waals surface area contributed by atoms with Crippen LogP contribution in [0.1, 0.15) is 61.0 Å². The number of rotatable bonds is 7. The van der Waals surface area contributed by atoms with Gasteiger partial charge in [-0.2, -0.15) is 0 Å². The van der Waals surface area contributed by atoms with Gasteiger partial charge in [0.05, 0.1) is 15.5 Å². The number of piperidine rings is 1. The Labute approximate surface area is 191 Å². The minimum absolute atomic E-state index is 0.0394. The summed E-state index contributed by atoms with van der Waals surface area (Å²) >= 11 is 1.45. The van der Waals surface area contributed by atoms with E-state index in [1.54, 1.807) is 17.3 Å². The fourth-order valence-electron chi connectivity index (χ4n) is 4.88. The van der Waals surface area contributed by atoms with Crippen LogP contribution in [-0.4, -0.2) is 53.7 Å². The molecule has 2 aliphatic rings. The van der Waals surface area contributed by atoms with Crippen LogP contribution < -0.4 is 5.32 Å². The molecule has 0 bridgehead atoms. The molecule has 8 heteroatoms. The van der Waals surface area contributed by atoms with Crippen LogP contribution in [0.4, 0.5) is 8.78 Å². The zero-order chi connectivity index (χ0) is 22.5. The number of alkyl halides is 2. The number of nitrogens with zero attached hydrogens (tertiary/aromatic N) is 2. The van der Waals surface area contributed by atoms with Crippen LogP contribution >= 0.6 is 11.3 Å². The van der Waals surface area contributed by atoms with Crippen LogP contribution in [-0.2, 0) is 4.79 Å². The highest BCUT2D eigenvalue weighted by Crippen LogP contribution is 2.32. The lowest BCUT2D eigenvalue weighted by atomic mass is 9.84. The molecule has 3 atom stereocenters. The molecular weight excluding hydrogens is 432 g/mol. The summed E-state index contributed by atoms with van der Waals surface area (Å²) in [5.74, 6) is -0.483. The molecule has 0 spiro atoms. The van der Waals surface area contributed by atoms with E-state index in [4.69, 9.17) is 0 Å². The molecule has 1 aliphatic carbocycles. The van der Waals surface area contributed by atoms with E-state index >= 15 is 0 Å². The number of fused-ring (bicyclic) bond motifs is 1. The van der Waals surface area contributed by atoms with Crippen LogP contribution in [0.3, 0.4) is 0 Å². The summed E-state index contributed by atoms with van der Waals surface area (Å²) in [6.07, 6.45) is 6.48. The van der Waals surface area contributed by atoms with Gasteiger partial charge in [-0.1, -0.05) is 12.8 Å². The summed E-state index contributed by atoms with van der Waals surface area (Å²) in [7, 11) is 0. The monoisotopic (exact) mass is 463 g/mol. The normalized spacial score (nSPS) is 24.6. The molecule has 2 fully saturated rings. The van der Waals surface area contributed by atoms with Gasteiger partial charge in [-0.05, 0) is 62.0 Å². The van der Waals surface area contributed by atoms with E-state index < -0.39 is 18.3 Å². The molecule has 1 N–H and O–H groups in total. The maximum absolute atomic E-state index is 14.1. The third-order valence-electron chi connectivity index (χ3n) is 6.84. The first-order chi connectivity index (χ1) is 15.5. The fraction of sp³-hybridized carbons (Fsp3) is 0.625. The van der Waals surface area contributed by atoms with Gasteiger partial charge >= 0.3 is 0 Å². The fourth-order valence-corrected chi connectivity index (χ4v) is 5.83. The third-order valence-corrected chi connectivity index (χ3v) is 7.92. The van der Waals surface area contributed by atoms with Crippen LogP contribution in [0.25, 0.3) is 10.1 Å². The molecule has 0 radical (unpaired) electrons. The van der Waals surface area contributed by atoms with Crippen molar-refractivity contribution in [2.75, 3.05) is 19.6 Å². The molecule has 1 saturated heterocycles. The van der Waals surface area contributed by atoms with E-state index in [2.05, 4.69) is 10.3 Å². The summed E-state index contributed by atoms with van der Waals surface area (Å²) in [6, 6.07) is 3.81. The van der Waals surface area contributed by atoms with Crippen molar-refractivity contribution in [2.45, 2.75) is 63.7 Å². The molecule has 2 aromatic rings. The highest BCUT2D eigenvalue weighted by molar-refractivity contribution is 7.20. The Morgan fingerprint density at radius 2 is 1.97 bits per heavy atom. The van der Waals surface area contributed by atoms with Gasteiger partial charge in [-0.3, -0.25) is 14.6 Å². The summed E-state index contributed by atoms with van der Waals surface area (Å²) in [5.41, 5.74) is 0. The lowest BCUT2D eigenvalue weighted by molar-refractivity contribution is -0.142. The van der Waals surface area contributed by atoms with Gasteiger partial charge in [-0.25, -0.2) is 8.78 Å². The number of amides is 2. The van der Waals surface area contributed by atoms with Gasteiger partial charge in [0.1, 0.15) is 12.3 Å². The van der Waals surface area contributed by atoms with Gasteiger partial charge in [0.15, 0.2) is 0 Å². The summed E-state index contributed by atoms with van der Waals surface area (Å²) in [5, 5.41) is 4.03. The Kier molecular flexibility index (Phi) is 7.71. The second-order valence-corrected chi connectivity index (χ2v) is 10.1. The lowest BCUT2D eigenvalue weighted by Crippen LogP contribution is -2.47. The number of likely N-dealkylation sites (tertiary alicyclic amines) is 1. The number of carbonyl (C=O) groups is 2. The minimum Gasteiger partial charge on any atom is -0.351 e. The second kappa shape index (κ2) is 10.7. The average Bonchev–Trinajstić information content (AvgIpc) is 3.25. The van der Waals surface area contributed by atoms with Crippen molar-refractivity contribution in [1.29, 1.82) is 0 Å². The first kappa shape index (κ1) is 23.1. The number of halogens is 2. The number of aromatic nitrogens is 1. The molecule has 32 heavy (non-hydrogen) atoms. The Morgan fingerprint density at radius 1 is 1.16 bits per heavy atom. The second-order valence-electron chi connectivity index (χ2n) is 9.04. The number of thiophene rings is 1. The number of carbonyl (C=O) groups excluding carboxylic acids is 2.